The summed E-state index contributed by atoms with van der Waals surface area (Å²) in [6, 6.07) is 7.56. The minimum absolute atomic E-state index is 0.0129. The van der Waals surface area contributed by atoms with Gasteiger partial charge in [0.2, 0.25) is 5.75 Å². The number of benzene rings is 1. The first-order valence-corrected chi connectivity index (χ1v) is 6.22. The van der Waals surface area contributed by atoms with Crippen LogP contribution in [0.3, 0.4) is 0 Å². The molecule has 0 fully saturated rings. The smallest absolute Gasteiger partial charge is 0.200 e. The number of aromatic nitrogens is 1. The molecule has 0 saturated heterocycles. The zero-order chi connectivity index (χ0) is 14.5. The zero-order valence-corrected chi connectivity index (χ0v) is 11.8. The number of phenols is 1. The summed E-state index contributed by atoms with van der Waals surface area (Å²) < 4.78 is 12.2. The summed E-state index contributed by atoms with van der Waals surface area (Å²) in [5.74, 6) is 0.797. The Labute approximate surface area is 118 Å². The van der Waals surface area contributed by atoms with Crippen molar-refractivity contribution in [3.05, 3.63) is 47.8 Å². The van der Waals surface area contributed by atoms with E-state index in [9.17, 15) is 5.11 Å². The summed E-state index contributed by atoms with van der Waals surface area (Å²) >= 11 is 0. The second kappa shape index (κ2) is 6.10. The van der Waals surface area contributed by atoms with Crippen LogP contribution in [0.1, 0.15) is 11.1 Å². The minimum atomic E-state index is 0.0129. The number of hydrogen-bond donors (Lipinski definition) is 1. The van der Waals surface area contributed by atoms with E-state index in [4.69, 9.17) is 9.47 Å². The van der Waals surface area contributed by atoms with E-state index in [1.54, 1.807) is 12.1 Å². The second-order valence-electron chi connectivity index (χ2n) is 4.40. The van der Waals surface area contributed by atoms with E-state index < -0.39 is 0 Å². The molecule has 0 aliphatic carbocycles. The van der Waals surface area contributed by atoms with Crippen molar-refractivity contribution >= 4 is 12.2 Å². The number of rotatable bonds is 4. The van der Waals surface area contributed by atoms with Gasteiger partial charge < -0.3 is 14.6 Å². The van der Waals surface area contributed by atoms with Crippen molar-refractivity contribution in [3.8, 4) is 17.2 Å². The molecule has 1 N–H and O–H groups in total. The van der Waals surface area contributed by atoms with Gasteiger partial charge in [0.25, 0.3) is 0 Å². The first-order chi connectivity index (χ1) is 9.63. The highest BCUT2D eigenvalue weighted by Crippen LogP contribution is 2.37. The molecule has 4 nitrogen and oxygen atoms in total. The fraction of sp³-hybridized carbons (Fsp3) is 0.188. The number of aryl methyl sites for hydroxylation is 1. The minimum Gasteiger partial charge on any atom is -0.502 e. The average molecular weight is 272 g/mol. The number of hydrogen-bond acceptors (Lipinski definition) is 3. The Morgan fingerprint density at radius 3 is 1.95 bits per heavy atom. The fourth-order valence-electron chi connectivity index (χ4n) is 1.83. The van der Waals surface area contributed by atoms with Crippen molar-refractivity contribution in [1.82, 2.24) is 0 Å². The third-order valence-corrected chi connectivity index (χ3v) is 2.97. The summed E-state index contributed by atoms with van der Waals surface area (Å²) in [6.45, 7) is 0. The van der Waals surface area contributed by atoms with Crippen molar-refractivity contribution < 1.29 is 19.1 Å². The first kappa shape index (κ1) is 13.9. The van der Waals surface area contributed by atoms with Crippen LogP contribution in [0, 0.1) is 0 Å². The van der Waals surface area contributed by atoms with Gasteiger partial charge in [-0.05, 0) is 23.3 Å². The number of methoxy groups -OCH3 is 2. The molecule has 104 valence electrons. The largest absolute Gasteiger partial charge is 0.502 e. The Kier molecular flexibility index (Phi) is 4.25. The molecular formula is C16H18NO3+. The Hall–Kier alpha value is -2.49. The third kappa shape index (κ3) is 3.09. The average Bonchev–Trinajstić information content (AvgIpc) is 2.47. The van der Waals surface area contributed by atoms with Gasteiger partial charge in [0.1, 0.15) is 7.05 Å². The van der Waals surface area contributed by atoms with Gasteiger partial charge in [-0.1, -0.05) is 12.2 Å². The van der Waals surface area contributed by atoms with Crippen molar-refractivity contribution in [2.45, 2.75) is 0 Å². The van der Waals surface area contributed by atoms with Gasteiger partial charge in [0.15, 0.2) is 23.9 Å². The lowest BCUT2D eigenvalue weighted by atomic mass is 10.1. The number of pyridine rings is 1. The molecular weight excluding hydrogens is 254 g/mol. The van der Waals surface area contributed by atoms with Gasteiger partial charge in [0, 0.05) is 12.1 Å². The monoisotopic (exact) mass is 272 g/mol. The molecule has 2 aromatic rings. The maximum absolute atomic E-state index is 9.85. The molecule has 2 rings (SSSR count). The van der Waals surface area contributed by atoms with E-state index in [0.29, 0.717) is 11.5 Å². The molecule has 0 aliphatic heterocycles. The van der Waals surface area contributed by atoms with E-state index in [-0.39, 0.29) is 5.75 Å². The molecule has 1 heterocycles. The Balaban J connectivity index is 2.31. The van der Waals surface area contributed by atoms with E-state index in [0.717, 1.165) is 11.1 Å². The van der Waals surface area contributed by atoms with Crippen LogP contribution >= 0.6 is 0 Å². The van der Waals surface area contributed by atoms with E-state index in [1.807, 2.05) is 48.3 Å². The van der Waals surface area contributed by atoms with Gasteiger partial charge in [-0.25, -0.2) is 4.57 Å². The van der Waals surface area contributed by atoms with E-state index in [1.165, 1.54) is 14.2 Å². The van der Waals surface area contributed by atoms with Crippen LogP contribution in [0.5, 0.6) is 17.2 Å². The quantitative estimate of drug-likeness (QED) is 0.869. The molecule has 0 radical (unpaired) electrons. The second-order valence-corrected chi connectivity index (χ2v) is 4.40. The number of phenolic OH excluding ortho intramolecular Hbond substituents is 1. The summed E-state index contributed by atoms with van der Waals surface area (Å²) in [5.41, 5.74) is 1.99. The molecule has 0 atom stereocenters. The lowest BCUT2D eigenvalue weighted by Gasteiger charge is -2.09. The summed E-state index contributed by atoms with van der Waals surface area (Å²) in [7, 11) is 5.00. The number of ether oxygens (including phenoxy) is 2. The molecule has 0 bridgehead atoms. The number of aromatic hydroxyl groups is 1. The summed E-state index contributed by atoms with van der Waals surface area (Å²) in [5, 5.41) is 9.85. The maximum Gasteiger partial charge on any atom is 0.200 e. The van der Waals surface area contributed by atoms with Gasteiger partial charge in [-0.15, -0.1) is 0 Å². The number of nitrogens with zero attached hydrogens (tertiary/aromatic N) is 1. The maximum atomic E-state index is 9.85. The van der Waals surface area contributed by atoms with Crippen molar-refractivity contribution in [2.24, 2.45) is 7.05 Å². The van der Waals surface area contributed by atoms with Crippen LogP contribution in [-0.4, -0.2) is 19.3 Å². The van der Waals surface area contributed by atoms with E-state index >= 15 is 0 Å². The third-order valence-electron chi connectivity index (χ3n) is 2.97. The summed E-state index contributed by atoms with van der Waals surface area (Å²) in [6.07, 6.45) is 7.90. The van der Waals surface area contributed by atoms with Gasteiger partial charge in [-0.2, -0.15) is 0 Å². The standard InChI is InChI=1S/C16H17NO3/c1-17-8-6-12(7-9-17)4-5-13-10-14(19-2)16(18)15(11-13)20-3/h4-11H,1-3H3/p+1. The summed E-state index contributed by atoms with van der Waals surface area (Å²) in [4.78, 5) is 0. The zero-order valence-electron chi connectivity index (χ0n) is 11.8. The van der Waals surface area contributed by atoms with Crippen LogP contribution in [0.15, 0.2) is 36.7 Å². The first-order valence-electron chi connectivity index (χ1n) is 6.22. The molecule has 4 heteroatoms. The molecule has 0 spiro atoms. The molecule has 1 aromatic carbocycles. The normalized spacial score (nSPS) is 10.8. The van der Waals surface area contributed by atoms with Crippen LogP contribution in [0.4, 0.5) is 0 Å². The van der Waals surface area contributed by atoms with Crippen LogP contribution < -0.4 is 14.0 Å². The van der Waals surface area contributed by atoms with Crippen LogP contribution in [-0.2, 0) is 7.05 Å². The Bertz CT molecular complexity index is 593. The molecule has 1 aromatic heterocycles. The van der Waals surface area contributed by atoms with Gasteiger partial charge in [0.05, 0.1) is 14.2 Å². The highest BCUT2D eigenvalue weighted by Gasteiger charge is 2.09. The fourth-order valence-corrected chi connectivity index (χ4v) is 1.83. The van der Waals surface area contributed by atoms with Crippen LogP contribution in [0.25, 0.3) is 12.2 Å². The lowest BCUT2D eigenvalue weighted by Crippen LogP contribution is -2.25. The molecule has 20 heavy (non-hydrogen) atoms. The Morgan fingerprint density at radius 1 is 0.950 bits per heavy atom. The van der Waals surface area contributed by atoms with Gasteiger partial charge >= 0.3 is 0 Å². The highest BCUT2D eigenvalue weighted by atomic mass is 16.5. The van der Waals surface area contributed by atoms with Crippen molar-refractivity contribution in [1.29, 1.82) is 0 Å². The van der Waals surface area contributed by atoms with Crippen molar-refractivity contribution in [2.75, 3.05) is 14.2 Å². The highest BCUT2D eigenvalue weighted by molar-refractivity contribution is 5.72. The van der Waals surface area contributed by atoms with E-state index in [2.05, 4.69) is 0 Å². The lowest BCUT2D eigenvalue weighted by molar-refractivity contribution is -0.671. The molecule has 0 aliphatic rings. The molecule has 0 amide bonds. The topological polar surface area (TPSA) is 42.6 Å². The SMILES string of the molecule is COc1cc(C=Cc2cc[n+](C)cc2)cc(OC)c1O. The molecule has 0 unspecified atom stereocenters. The van der Waals surface area contributed by atoms with Crippen LogP contribution in [0.2, 0.25) is 0 Å². The van der Waals surface area contributed by atoms with Gasteiger partial charge in [-0.3, -0.25) is 0 Å². The Morgan fingerprint density at radius 2 is 1.45 bits per heavy atom. The molecule has 0 saturated carbocycles. The predicted molar refractivity (Wildman–Crippen MR) is 77.8 cm³/mol. The predicted octanol–water partition coefficient (Wildman–Crippen LogP) is 2.40. The van der Waals surface area contributed by atoms with Crippen molar-refractivity contribution in [3.63, 3.8) is 0 Å².